The molecular weight excluding hydrogens is 250 g/mol. The first-order chi connectivity index (χ1) is 9.40. The lowest BCUT2D eigenvalue weighted by Gasteiger charge is -2.32. The Kier molecular flexibility index (Phi) is 4.48. The third kappa shape index (κ3) is 3.40. The van der Waals surface area contributed by atoms with Crippen LogP contribution in [0.15, 0.2) is 24.3 Å². The van der Waals surface area contributed by atoms with E-state index in [1.807, 2.05) is 19.9 Å². The van der Waals surface area contributed by atoms with Gasteiger partial charge in [-0.1, -0.05) is 38.1 Å². The van der Waals surface area contributed by atoms with Crippen LogP contribution in [-0.4, -0.2) is 24.1 Å². The van der Waals surface area contributed by atoms with E-state index < -0.39 is 5.41 Å². The second-order valence-corrected chi connectivity index (χ2v) is 6.58. The number of hydroxylamine groups is 2. The van der Waals surface area contributed by atoms with E-state index in [0.717, 1.165) is 19.5 Å². The van der Waals surface area contributed by atoms with Crippen molar-refractivity contribution in [1.29, 1.82) is 0 Å². The molecule has 1 aromatic rings. The maximum Gasteiger partial charge on any atom is 0.330 e. The van der Waals surface area contributed by atoms with Crippen LogP contribution in [0.2, 0.25) is 0 Å². The molecule has 0 unspecified atom stereocenters. The number of benzene rings is 1. The van der Waals surface area contributed by atoms with Gasteiger partial charge in [0.05, 0.1) is 5.41 Å². The maximum atomic E-state index is 12.3. The van der Waals surface area contributed by atoms with Gasteiger partial charge in [0.15, 0.2) is 0 Å². The Morgan fingerprint density at radius 2 is 1.95 bits per heavy atom. The lowest BCUT2D eigenvalue weighted by Crippen LogP contribution is -2.43. The van der Waals surface area contributed by atoms with Gasteiger partial charge in [-0.3, -0.25) is 0 Å². The fourth-order valence-electron chi connectivity index (χ4n) is 2.43. The minimum atomic E-state index is -0.499. The first-order valence-corrected chi connectivity index (χ1v) is 7.45. The van der Waals surface area contributed by atoms with Crippen LogP contribution in [0.3, 0.4) is 0 Å². The topological polar surface area (TPSA) is 29.5 Å². The van der Waals surface area contributed by atoms with E-state index in [-0.39, 0.29) is 5.97 Å². The van der Waals surface area contributed by atoms with Gasteiger partial charge in [-0.2, -0.15) is 0 Å². The van der Waals surface area contributed by atoms with Crippen molar-refractivity contribution >= 4 is 5.97 Å². The molecule has 1 aliphatic rings. The van der Waals surface area contributed by atoms with Crippen LogP contribution < -0.4 is 0 Å². The Labute approximate surface area is 121 Å². The van der Waals surface area contributed by atoms with Gasteiger partial charge in [-0.15, -0.1) is 5.06 Å². The van der Waals surface area contributed by atoms with Crippen LogP contribution in [-0.2, 0) is 16.1 Å². The second kappa shape index (κ2) is 5.96. The summed E-state index contributed by atoms with van der Waals surface area (Å²) in [6.07, 6.45) is 1.83. The van der Waals surface area contributed by atoms with Gasteiger partial charge >= 0.3 is 5.97 Å². The van der Waals surface area contributed by atoms with Crippen molar-refractivity contribution in [2.45, 2.75) is 46.5 Å². The van der Waals surface area contributed by atoms with Crippen molar-refractivity contribution in [3.8, 4) is 0 Å². The average molecular weight is 275 g/mol. The Bertz CT molecular complexity index is 476. The van der Waals surface area contributed by atoms with Crippen LogP contribution >= 0.6 is 0 Å². The van der Waals surface area contributed by atoms with Gasteiger partial charge in [-0.05, 0) is 43.7 Å². The molecule has 2 rings (SSSR count). The third-order valence-corrected chi connectivity index (χ3v) is 3.89. The van der Waals surface area contributed by atoms with Crippen molar-refractivity contribution in [2.75, 3.05) is 13.1 Å². The number of nitrogens with zero attached hydrogens (tertiary/aromatic N) is 1. The largest absolute Gasteiger partial charge is 0.367 e. The fraction of sp³-hybridized carbons (Fsp3) is 0.588. The molecule has 0 aliphatic carbocycles. The number of rotatable bonds is 5. The third-order valence-electron chi connectivity index (χ3n) is 3.89. The number of carbonyl (C=O) groups excluding carboxylic acids is 1. The summed E-state index contributed by atoms with van der Waals surface area (Å²) >= 11 is 0. The van der Waals surface area contributed by atoms with E-state index >= 15 is 0 Å². The molecule has 0 N–H and O–H groups in total. The maximum absolute atomic E-state index is 12.3. The fourth-order valence-corrected chi connectivity index (χ4v) is 2.43. The Morgan fingerprint density at radius 1 is 1.30 bits per heavy atom. The number of hydrogen-bond acceptors (Lipinski definition) is 3. The minimum Gasteiger partial charge on any atom is -0.367 e. The predicted molar refractivity (Wildman–Crippen MR) is 80.3 cm³/mol. The summed E-state index contributed by atoms with van der Waals surface area (Å²) in [6.45, 7) is 10.0. The molecule has 1 fully saturated rings. The predicted octanol–water partition coefficient (Wildman–Crippen LogP) is 3.54. The smallest absolute Gasteiger partial charge is 0.330 e. The number of hydrogen-bond donors (Lipinski definition) is 0. The van der Waals surface area contributed by atoms with Gasteiger partial charge in [0.2, 0.25) is 0 Å². The van der Waals surface area contributed by atoms with Crippen molar-refractivity contribution < 1.29 is 9.63 Å². The van der Waals surface area contributed by atoms with Crippen LogP contribution in [0, 0.1) is 5.41 Å². The first kappa shape index (κ1) is 15.0. The summed E-state index contributed by atoms with van der Waals surface area (Å²) in [4.78, 5) is 17.7. The quantitative estimate of drug-likeness (QED) is 0.823. The Balaban J connectivity index is 2.08. The summed E-state index contributed by atoms with van der Waals surface area (Å²) in [6, 6.07) is 8.37. The molecule has 20 heavy (non-hydrogen) atoms. The second-order valence-electron chi connectivity index (χ2n) is 6.58. The minimum absolute atomic E-state index is 0.129. The average Bonchev–Trinajstić information content (AvgIpc) is 2.33. The molecule has 0 atom stereocenters. The van der Waals surface area contributed by atoms with Crippen LogP contribution in [0.5, 0.6) is 0 Å². The van der Waals surface area contributed by atoms with Crippen LogP contribution in [0.4, 0.5) is 0 Å². The van der Waals surface area contributed by atoms with Crippen molar-refractivity contribution in [2.24, 2.45) is 5.41 Å². The van der Waals surface area contributed by atoms with E-state index in [1.54, 1.807) is 5.06 Å². The van der Waals surface area contributed by atoms with E-state index in [4.69, 9.17) is 4.84 Å². The lowest BCUT2D eigenvalue weighted by molar-refractivity contribution is -0.217. The lowest BCUT2D eigenvalue weighted by atomic mass is 9.82. The zero-order valence-corrected chi connectivity index (χ0v) is 13.0. The molecule has 1 saturated heterocycles. The molecule has 3 nitrogen and oxygen atoms in total. The number of carbonyl (C=O) groups is 1. The molecular formula is C17H25NO2. The summed E-state index contributed by atoms with van der Waals surface area (Å²) in [7, 11) is 0. The van der Waals surface area contributed by atoms with Crippen LogP contribution in [0.1, 0.15) is 51.2 Å². The summed E-state index contributed by atoms with van der Waals surface area (Å²) in [5.74, 6) is 0.337. The molecule has 1 heterocycles. The highest BCUT2D eigenvalue weighted by Gasteiger charge is 2.33. The molecule has 1 aromatic carbocycles. The van der Waals surface area contributed by atoms with Gasteiger partial charge < -0.3 is 4.84 Å². The van der Waals surface area contributed by atoms with Gasteiger partial charge in [0.25, 0.3) is 0 Å². The molecule has 0 amide bonds. The molecule has 0 saturated carbocycles. The molecule has 0 aromatic heterocycles. The van der Waals surface area contributed by atoms with Gasteiger partial charge in [0.1, 0.15) is 0 Å². The molecule has 0 spiro atoms. The van der Waals surface area contributed by atoms with Crippen molar-refractivity contribution in [3.05, 3.63) is 35.4 Å². The van der Waals surface area contributed by atoms with Gasteiger partial charge in [0, 0.05) is 13.1 Å². The Morgan fingerprint density at radius 3 is 2.50 bits per heavy atom. The highest BCUT2D eigenvalue weighted by Crippen LogP contribution is 2.29. The van der Waals surface area contributed by atoms with Crippen LogP contribution in [0.25, 0.3) is 0 Å². The zero-order valence-electron chi connectivity index (χ0n) is 13.0. The molecule has 1 aliphatic heterocycles. The molecule has 3 heteroatoms. The van der Waals surface area contributed by atoms with E-state index in [0.29, 0.717) is 12.3 Å². The highest BCUT2D eigenvalue weighted by atomic mass is 16.7. The zero-order chi connectivity index (χ0) is 14.8. The standard InChI is InChI=1S/C17H25NO2/c1-13(2)15-9-6-5-8-14(15)12-17(3,4)16(19)20-18-10-7-11-18/h5-6,8-9,13H,7,10-12H2,1-4H3. The van der Waals surface area contributed by atoms with Gasteiger partial charge in [-0.25, -0.2) is 4.79 Å². The monoisotopic (exact) mass is 275 g/mol. The van der Waals surface area contributed by atoms with Crippen molar-refractivity contribution in [1.82, 2.24) is 5.06 Å². The van der Waals surface area contributed by atoms with Crippen molar-refractivity contribution in [3.63, 3.8) is 0 Å². The van der Waals surface area contributed by atoms with E-state index in [9.17, 15) is 4.79 Å². The molecule has 0 bridgehead atoms. The van der Waals surface area contributed by atoms with E-state index in [2.05, 4.69) is 32.0 Å². The Hall–Kier alpha value is -1.35. The SMILES string of the molecule is CC(C)c1ccccc1CC(C)(C)C(=O)ON1CCC1. The highest BCUT2D eigenvalue weighted by molar-refractivity contribution is 5.76. The molecule has 0 radical (unpaired) electrons. The first-order valence-electron chi connectivity index (χ1n) is 7.45. The summed E-state index contributed by atoms with van der Waals surface area (Å²) in [5.41, 5.74) is 2.06. The normalized spacial score (nSPS) is 16.1. The molecule has 110 valence electrons. The van der Waals surface area contributed by atoms with E-state index in [1.165, 1.54) is 11.1 Å². The summed E-state index contributed by atoms with van der Waals surface area (Å²) < 4.78 is 0. The summed E-state index contributed by atoms with van der Waals surface area (Å²) in [5, 5.41) is 1.75.